The van der Waals surface area contributed by atoms with Gasteiger partial charge in [0.05, 0.1) is 11.5 Å². The summed E-state index contributed by atoms with van der Waals surface area (Å²) in [5.74, 6) is 0. The maximum atomic E-state index is 12.9. The molecule has 3 nitrogen and oxygen atoms in total. The quantitative estimate of drug-likeness (QED) is 0.739. The highest BCUT2D eigenvalue weighted by molar-refractivity contribution is 7.86. The molecule has 1 rings (SSSR count). The summed E-state index contributed by atoms with van der Waals surface area (Å²) in [6.07, 6.45) is -0.543. The Morgan fingerprint density at radius 3 is 2.41 bits per heavy atom. The second kappa shape index (κ2) is 6.12. The van der Waals surface area contributed by atoms with E-state index in [0.717, 1.165) is 5.56 Å². The van der Waals surface area contributed by atoms with Gasteiger partial charge in [-0.25, -0.2) is 4.39 Å². The number of aryl methyl sites for hydroxylation is 1. The average Bonchev–Trinajstić information content (AvgIpc) is 2.29. The van der Waals surface area contributed by atoms with E-state index in [1.807, 2.05) is 6.92 Å². The van der Waals surface area contributed by atoms with Crippen LogP contribution in [0.25, 0.3) is 0 Å². The second-order valence-electron chi connectivity index (χ2n) is 3.88. The van der Waals surface area contributed by atoms with Gasteiger partial charge in [-0.2, -0.15) is 8.42 Å². The van der Waals surface area contributed by atoms with Gasteiger partial charge in [-0.1, -0.05) is 24.6 Å². The van der Waals surface area contributed by atoms with Crippen molar-refractivity contribution in [3.8, 4) is 0 Å². The molecule has 1 atom stereocenters. The van der Waals surface area contributed by atoms with E-state index in [9.17, 15) is 12.8 Å². The average molecular weight is 260 g/mol. The van der Waals surface area contributed by atoms with E-state index in [1.54, 1.807) is 19.1 Å². The zero-order chi connectivity index (χ0) is 12.9. The normalized spacial score (nSPS) is 13.6. The maximum Gasteiger partial charge on any atom is 0.296 e. The molecule has 96 valence electrons. The van der Waals surface area contributed by atoms with Crippen molar-refractivity contribution in [3.05, 3.63) is 29.8 Å². The first-order valence-corrected chi connectivity index (χ1v) is 6.96. The molecular weight excluding hydrogens is 243 g/mol. The van der Waals surface area contributed by atoms with Gasteiger partial charge in [-0.15, -0.1) is 0 Å². The van der Waals surface area contributed by atoms with Crippen LogP contribution in [0.3, 0.4) is 0 Å². The molecule has 0 spiro atoms. The molecule has 0 aliphatic carbocycles. The third-order valence-electron chi connectivity index (χ3n) is 2.42. The smallest absolute Gasteiger partial charge is 0.266 e. The van der Waals surface area contributed by atoms with E-state index in [0.29, 0.717) is 6.42 Å². The molecule has 0 aliphatic heterocycles. The van der Waals surface area contributed by atoms with Gasteiger partial charge in [0.1, 0.15) is 6.17 Å². The van der Waals surface area contributed by atoms with Crippen molar-refractivity contribution in [2.45, 2.75) is 37.8 Å². The molecule has 0 N–H and O–H groups in total. The Labute approximate surface area is 102 Å². The summed E-state index contributed by atoms with van der Waals surface area (Å²) in [5, 5.41) is 0. The Morgan fingerprint density at radius 1 is 1.29 bits per heavy atom. The Kier molecular flexibility index (Phi) is 5.08. The summed E-state index contributed by atoms with van der Waals surface area (Å²) in [7, 11) is -3.75. The summed E-state index contributed by atoms with van der Waals surface area (Å²) in [4.78, 5) is 0.106. The zero-order valence-corrected chi connectivity index (χ0v) is 10.8. The van der Waals surface area contributed by atoms with Crippen molar-refractivity contribution in [2.24, 2.45) is 0 Å². The van der Waals surface area contributed by atoms with Gasteiger partial charge in [-0.05, 0) is 25.5 Å². The fourth-order valence-electron chi connectivity index (χ4n) is 1.26. The molecule has 0 heterocycles. The minimum Gasteiger partial charge on any atom is -0.266 e. The highest BCUT2D eigenvalue weighted by Crippen LogP contribution is 2.14. The molecular formula is C12H17FO3S. The minimum absolute atomic E-state index is 0.0988. The first kappa shape index (κ1) is 14.1. The SMILES string of the molecule is CCC(F)CCOS(=O)(=O)c1ccc(C)cc1. The van der Waals surface area contributed by atoms with Crippen molar-refractivity contribution in [1.82, 2.24) is 0 Å². The van der Waals surface area contributed by atoms with Crippen LogP contribution in [0.1, 0.15) is 25.3 Å². The third-order valence-corrected chi connectivity index (χ3v) is 3.75. The maximum absolute atomic E-state index is 12.9. The lowest BCUT2D eigenvalue weighted by Gasteiger charge is -2.07. The lowest BCUT2D eigenvalue weighted by Crippen LogP contribution is -2.11. The molecule has 1 aromatic rings. The number of alkyl halides is 1. The molecule has 17 heavy (non-hydrogen) atoms. The molecule has 1 unspecified atom stereocenters. The summed E-state index contributed by atoms with van der Waals surface area (Å²) in [6, 6.07) is 6.36. The van der Waals surface area contributed by atoms with E-state index in [1.165, 1.54) is 12.1 Å². The van der Waals surface area contributed by atoms with Gasteiger partial charge in [0.25, 0.3) is 10.1 Å². The van der Waals surface area contributed by atoms with Gasteiger partial charge in [0, 0.05) is 6.42 Å². The summed E-state index contributed by atoms with van der Waals surface area (Å²) in [5.41, 5.74) is 0.971. The van der Waals surface area contributed by atoms with Crippen LogP contribution in [-0.4, -0.2) is 21.2 Å². The molecule has 0 fully saturated rings. The first-order valence-electron chi connectivity index (χ1n) is 5.56. The van der Waals surface area contributed by atoms with Crippen LogP contribution in [0.5, 0.6) is 0 Å². The molecule has 0 aliphatic rings. The van der Waals surface area contributed by atoms with Crippen molar-refractivity contribution < 1.29 is 17.0 Å². The number of rotatable bonds is 6. The van der Waals surface area contributed by atoms with Crippen LogP contribution in [-0.2, 0) is 14.3 Å². The molecule has 0 bridgehead atoms. The molecule has 1 aromatic carbocycles. The van der Waals surface area contributed by atoms with E-state index < -0.39 is 16.3 Å². The van der Waals surface area contributed by atoms with Crippen molar-refractivity contribution in [2.75, 3.05) is 6.61 Å². The number of hydrogen-bond donors (Lipinski definition) is 0. The Balaban J connectivity index is 2.60. The van der Waals surface area contributed by atoms with Crippen LogP contribution in [0.2, 0.25) is 0 Å². The van der Waals surface area contributed by atoms with E-state index in [-0.39, 0.29) is 17.9 Å². The molecule has 0 saturated heterocycles. The first-order chi connectivity index (χ1) is 7.95. The number of hydrogen-bond acceptors (Lipinski definition) is 3. The monoisotopic (exact) mass is 260 g/mol. The fraction of sp³-hybridized carbons (Fsp3) is 0.500. The second-order valence-corrected chi connectivity index (χ2v) is 5.50. The summed E-state index contributed by atoms with van der Waals surface area (Å²) < 4.78 is 41.0. The predicted octanol–water partition coefficient (Wildman–Crippen LogP) is 2.84. The van der Waals surface area contributed by atoms with E-state index >= 15 is 0 Å². The number of benzene rings is 1. The molecule has 5 heteroatoms. The molecule has 0 saturated carbocycles. The topological polar surface area (TPSA) is 43.4 Å². The van der Waals surface area contributed by atoms with Crippen molar-refractivity contribution >= 4 is 10.1 Å². The number of halogens is 1. The van der Waals surface area contributed by atoms with Gasteiger partial charge in [0.15, 0.2) is 0 Å². The fourth-order valence-corrected chi connectivity index (χ4v) is 2.18. The zero-order valence-electron chi connectivity index (χ0n) is 10.0. The highest BCUT2D eigenvalue weighted by atomic mass is 32.2. The van der Waals surface area contributed by atoms with Crippen molar-refractivity contribution in [1.29, 1.82) is 0 Å². The standard InChI is InChI=1S/C12H17FO3S/c1-3-11(13)8-9-16-17(14,15)12-6-4-10(2)5-7-12/h4-7,11H,3,8-9H2,1-2H3. The van der Waals surface area contributed by atoms with Crippen LogP contribution in [0.15, 0.2) is 29.2 Å². The third kappa shape index (κ3) is 4.44. The highest BCUT2D eigenvalue weighted by Gasteiger charge is 2.15. The Hall–Kier alpha value is -0.940. The molecule has 0 amide bonds. The minimum atomic E-state index is -3.75. The van der Waals surface area contributed by atoms with Crippen molar-refractivity contribution in [3.63, 3.8) is 0 Å². The lowest BCUT2D eigenvalue weighted by molar-refractivity contribution is 0.234. The van der Waals surface area contributed by atoms with Crippen LogP contribution < -0.4 is 0 Å². The Morgan fingerprint density at radius 2 is 1.88 bits per heavy atom. The largest absolute Gasteiger partial charge is 0.296 e. The van der Waals surface area contributed by atoms with Crippen LogP contribution in [0.4, 0.5) is 4.39 Å². The van der Waals surface area contributed by atoms with Gasteiger partial charge in [-0.3, -0.25) is 4.18 Å². The van der Waals surface area contributed by atoms with Gasteiger partial charge < -0.3 is 0 Å². The molecule has 0 radical (unpaired) electrons. The van der Waals surface area contributed by atoms with Gasteiger partial charge in [0.2, 0.25) is 0 Å². The Bertz CT molecular complexity index is 439. The summed E-state index contributed by atoms with van der Waals surface area (Å²) in [6.45, 7) is 3.45. The van der Waals surface area contributed by atoms with Crippen LogP contribution >= 0.6 is 0 Å². The summed E-state index contributed by atoms with van der Waals surface area (Å²) >= 11 is 0. The van der Waals surface area contributed by atoms with Gasteiger partial charge >= 0.3 is 0 Å². The predicted molar refractivity (Wildman–Crippen MR) is 64.1 cm³/mol. The van der Waals surface area contributed by atoms with E-state index in [2.05, 4.69) is 0 Å². The lowest BCUT2D eigenvalue weighted by atomic mass is 10.2. The molecule has 0 aromatic heterocycles. The van der Waals surface area contributed by atoms with E-state index in [4.69, 9.17) is 4.18 Å². The van der Waals surface area contributed by atoms with Crippen LogP contribution in [0, 0.1) is 6.92 Å².